The first-order valence-corrected chi connectivity index (χ1v) is 7.88. The van der Waals surface area contributed by atoms with Gasteiger partial charge in [0.2, 0.25) is 5.91 Å². The van der Waals surface area contributed by atoms with E-state index in [1.54, 1.807) is 6.07 Å². The van der Waals surface area contributed by atoms with Crippen LogP contribution in [-0.4, -0.2) is 34.6 Å². The van der Waals surface area contributed by atoms with Crippen molar-refractivity contribution in [1.29, 1.82) is 0 Å². The van der Waals surface area contributed by atoms with Gasteiger partial charge >= 0.3 is 5.00 Å². The Bertz CT molecular complexity index is 947. The molecule has 1 aliphatic heterocycles. The van der Waals surface area contributed by atoms with E-state index in [9.17, 15) is 24.5 Å². The molecule has 0 saturated heterocycles. The average Bonchev–Trinajstić information content (AvgIpc) is 3.14. The fourth-order valence-electron chi connectivity index (χ4n) is 2.31. The second kappa shape index (κ2) is 6.29. The predicted molar refractivity (Wildman–Crippen MR) is 91.5 cm³/mol. The fraction of sp³-hybridized carbons (Fsp3) is 0.0625. The Balaban J connectivity index is 1.71. The van der Waals surface area contributed by atoms with Crippen LogP contribution in [0.3, 0.4) is 0 Å². The topological polar surface area (TPSA) is 110 Å². The zero-order valence-corrected chi connectivity index (χ0v) is 13.7. The molecule has 0 saturated carbocycles. The van der Waals surface area contributed by atoms with Crippen molar-refractivity contribution in [2.75, 3.05) is 12.4 Å². The molecule has 1 aromatic heterocycles. The maximum Gasteiger partial charge on any atom is 0.324 e. The maximum absolute atomic E-state index is 11.9. The molecule has 0 bridgehead atoms. The molecule has 0 radical (unpaired) electrons. The van der Waals surface area contributed by atoms with Crippen molar-refractivity contribution in [2.24, 2.45) is 0 Å². The molecule has 0 aliphatic carbocycles. The summed E-state index contributed by atoms with van der Waals surface area (Å²) in [4.78, 5) is 47.4. The van der Waals surface area contributed by atoms with Crippen molar-refractivity contribution < 1.29 is 19.3 Å². The molecule has 0 spiro atoms. The number of amides is 3. The van der Waals surface area contributed by atoms with Crippen LogP contribution >= 0.6 is 11.3 Å². The van der Waals surface area contributed by atoms with E-state index in [2.05, 4.69) is 5.32 Å². The standard InChI is InChI=1S/C16H11N3O5S/c1-18-15(21)11-5-2-9(8-12(11)16(18)22)17-13(20)6-3-10-4-7-14(25-10)19(23)24/h2-8H,1H3,(H,17,20). The summed E-state index contributed by atoms with van der Waals surface area (Å²) in [6, 6.07) is 7.37. The van der Waals surface area contributed by atoms with Crippen molar-refractivity contribution in [3.63, 3.8) is 0 Å². The number of carbonyl (C=O) groups excluding carboxylic acids is 3. The van der Waals surface area contributed by atoms with E-state index in [-0.39, 0.29) is 16.5 Å². The number of hydrogen-bond donors (Lipinski definition) is 1. The lowest BCUT2D eigenvalue weighted by atomic mass is 10.1. The summed E-state index contributed by atoms with van der Waals surface area (Å²) in [6.45, 7) is 0. The quantitative estimate of drug-likeness (QED) is 0.391. The Morgan fingerprint density at radius 1 is 1.20 bits per heavy atom. The number of nitro groups is 1. The Kier molecular flexibility index (Phi) is 4.15. The molecule has 126 valence electrons. The summed E-state index contributed by atoms with van der Waals surface area (Å²) >= 11 is 0.953. The van der Waals surface area contributed by atoms with Crippen LogP contribution in [0, 0.1) is 10.1 Å². The monoisotopic (exact) mass is 357 g/mol. The van der Waals surface area contributed by atoms with Gasteiger partial charge in [0, 0.05) is 29.8 Å². The van der Waals surface area contributed by atoms with Crippen LogP contribution in [0.5, 0.6) is 0 Å². The molecular formula is C16H11N3O5S. The molecule has 3 amide bonds. The van der Waals surface area contributed by atoms with E-state index in [0.717, 1.165) is 16.2 Å². The summed E-state index contributed by atoms with van der Waals surface area (Å²) < 4.78 is 0. The van der Waals surface area contributed by atoms with Gasteiger partial charge < -0.3 is 5.32 Å². The van der Waals surface area contributed by atoms with E-state index in [1.165, 1.54) is 43.5 Å². The molecule has 2 heterocycles. The molecule has 8 nitrogen and oxygen atoms in total. The van der Waals surface area contributed by atoms with Crippen LogP contribution in [0.1, 0.15) is 25.6 Å². The number of fused-ring (bicyclic) bond motifs is 1. The normalized spacial score (nSPS) is 13.4. The highest BCUT2D eigenvalue weighted by atomic mass is 32.1. The largest absolute Gasteiger partial charge is 0.324 e. The lowest BCUT2D eigenvalue weighted by molar-refractivity contribution is -0.380. The number of nitrogens with one attached hydrogen (secondary N) is 1. The Morgan fingerprint density at radius 3 is 2.60 bits per heavy atom. The van der Waals surface area contributed by atoms with E-state index < -0.39 is 16.7 Å². The molecule has 25 heavy (non-hydrogen) atoms. The van der Waals surface area contributed by atoms with Crippen LogP contribution in [0.15, 0.2) is 36.4 Å². The van der Waals surface area contributed by atoms with E-state index >= 15 is 0 Å². The lowest BCUT2D eigenvalue weighted by Gasteiger charge is -2.03. The summed E-state index contributed by atoms with van der Waals surface area (Å²) in [5, 5.41) is 13.2. The van der Waals surface area contributed by atoms with Gasteiger partial charge in [-0.3, -0.25) is 29.4 Å². The number of rotatable bonds is 4. The zero-order chi connectivity index (χ0) is 18.1. The van der Waals surface area contributed by atoms with Gasteiger partial charge in [-0.1, -0.05) is 11.3 Å². The summed E-state index contributed by atoms with van der Waals surface area (Å²) in [6.07, 6.45) is 2.70. The number of imide groups is 1. The molecule has 0 atom stereocenters. The number of benzene rings is 1. The number of anilines is 1. The molecule has 0 fully saturated rings. The van der Waals surface area contributed by atoms with Gasteiger partial charge in [0.25, 0.3) is 11.8 Å². The molecule has 2 aromatic rings. The number of thiophene rings is 1. The Morgan fingerprint density at radius 2 is 1.92 bits per heavy atom. The van der Waals surface area contributed by atoms with Crippen molar-refractivity contribution >= 4 is 45.8 Å². The third-order valence-corrected chi connectivity index (χ3v) is 4.55. The van der Waals surface area contributed by atoms with Crippen molar-refractivity contribution in [1.82, 2.24) is 4.90 Å². The van der Waals surface area contributed by atoms with E-state index in [0.29, 0.717) is 16.1 Å². The van der Waals surface area contributed by atoms with Crippen molar-refractivity contribution in [3.8, 4) is 0 Å². The van der Waals surface area contributed by atoms with Gasteiger partial charge in [0.1, 0.15) is 0 Å². The number of carbonyl (C=O) groups is 3. The van der Waals surface area contributed by atoms with E-state index in [4.69, 9.17) is 0 Å². The van der Waals surface area contributed by atoms with Gasteiger partial charge in [-0.05, 0) is 30.3 Å². The maximum atomic E-state index is 11.9. The average molecular weight is 357 g/mol. The molecule has 1 N–H and O–H groups in total. The minimum absolute atomic E-state index is 0.00835. The van der Waals surface area contributed by atoms with Gasteiger partial charge in [-0.2, -0.15) is 0 Å². The fourth-order valence-corrected chi connectivity index (χ4v) is 3.03. The Labute approximate surface area is 145 Å². The predicted octanol–water partition coefficient (Wildman–Crippen LogP) is 2.53. The van der Waals surface area contributed by atoms with Crippen molar-refractivity contribution in [2.45, 2.75) is 0 Å². The molecular weight excluding hydrogens is 346 g/mol. The van der Waals surface area contributed by atoms with Crippen LogP contribution in [0.2, 0.25) is 0 Å². The molecule has 1 aromatic carbocycles. The first kappa shape index (κ1) is 16.5. The highest BCUT2D eigenvalue weighted by Gasteiger charge is 2.32. The molecule has 3 rings (SSSR count). The highest BCUT2D eigenvalue weighted by molar-refractivity contribution is 7.16. The van der Waals surface area contributed by atoms with Gasteiger partial charge in [0.05, 0.1) is 16.1 Å². The summed E-state index contributed by atoms with van der Waals surface area (Å²) in [7, 11) is 1.39. The SMILES string of the molecule is CN1C(=O)c2ccc(NC(=O)C=Cc3ccc([N+](=O)[O-])s3)cc2C1=O. The minimum Gasteiger partial charge on any atom is -0.322 e. The van der Waals surface area contributed by atoms with E-state index in [1.807, 2.05) is 0 Å². The van der Waals surface area contributed by atoms with Crippen LogP contribution in [0.25, 0.3) is 6.08 Å². The molecule has 1 aliphatic rings. The van der Waals surface area contributed by atoms with Crippen LogP contribution < -0.4 is 5.32 Å². The number of nitrogens with zero attached hydrogens (tertiary/aromatic N) is 2. The minimum atomic E-state index is -0.498. The third-order valence-electron chi connectivity index (χ3n) is 3.55. The van der Waals surface area contributed by atoms with Crippen LogP contribution in [-0.2, 0) is 4.79 Å². The summed E-state index contributed by atoms with van der Waals surface area (Å²) in [5.41, 5.74) is 0.914. The summed E-state index contributed by atoms with van der Waals surface area (Å²) in [5.74, 6) is -1.25. The van der Waals surface area contributed by atoms with Crippen molar-refractivity contribution in [3.05, 3.63) is 62.5 Å². The number of hydrogen-bond acceptors (Lipinski definition) is 6. The molecule has 0 unspecified atom stereocenters. The molecule has 9 heteroatoms. The second-order valence-electron chi connectivity index (χ2n) is 5.19. The first-order valence-electron chi connectivity index (χ1n) is 7.06. The first-order chi connectivity index (χ1) is 11.9. The zero-order valence-electron chi connectivity index (χ0n) is 12.9. The second-order valence-corrected chi connectivity index (χ2v) is 6.28. The Hall–Kier alpha value is -3.33. The van der Waals surface area contributed by atoms with Gasteiger partial charge in [-0.25, -0.2) is 0 Å². The smallest absolute Gasteiger partial charge is 0.322 e. The third kappa shape index (κ3) is 3.17. The van der Waals surface area contributed by atoms with Crippen LogP contribution in [0.4, 0.5) is 10.7 Å². The van der Waals surface area contributed by atoms with Gasteiger partial charge in [0.15, 0.2) is 0 Å². The lowest BCUT2D eigenvalue weighted by Crippen LogP contribution is -2.24. The highest BCUT2D eigenvalue weighted by Crippen LogP contribution is 2.26. The van der Waals surface area contributed by atoms with Gasteiger partial charge in [-0.15, -0.1) is 0 Å².